The molecule has 2 atom stereocenters. The molecular formula is C12H27N3. The van der Waals surface area contributed by atoms with Gasteiger partial charge in [-0.05, 0) is 39.4 Å². The lowest BCUT2D eigenvalue weighted by Gasteiger charge is -2.33. The number of likely N-dealkylation sites (N-methyl/N-ethyl adjacent to an activating group) is 2. The van der Waals surface area contributed by atoms with Gasteiger partial charge >= 0.3 is 0 Å². The third-order valence-electron chi connectivity index (χ3n) is 3.87. The second-order valence-electron chi connectivity index (χ2n) is 5.90. The van der Waals surface area contributed by atoms with Gasteiger partial charge in [-0.15, -0.1) is 0 Å². The van der Waals surface area contributed by atoms with Crippen molar-refractivity contribution in [2.45, 2.75) is 38.8 Å². The number of nitrogens with two attached hydrogens (primary N) is 1. The van der Waals surface area contributed by atoms with Crippen molar-refractivity contribution < 1.29 is 0 Å². The number of hydrogen-bond donors (Lipinski definition) is 1. The van der Waals surface area contributed by atoms with E-state index in [4.69, 9.17) is 5.73 Å². The zero-order chi connectivity index (χ0) is 11.6. The molecule has 0 amide bonds. The Hall–Kier alpha value is -0.120. The number of rotatable bonds is 4. The SMILES string of the molecule is CN(C)CCN(C)C1CCC(C)(C)C1N. The van der Waals surface area contributed by atoms with Crippen LogP contribution in [0, 0.1) is 5.41 Å². The molecule has 0 radical (unpaired) electrons. The normalized spacial score (nSPS) is 30.4. The summed E-state index contributed by atoms with van der Waals surface area (Å²) in [7, 11) is 6.44. The molecule has 2 unspecified atom stereocenters. The molecule has 1 rings (SSSR count). The maximum absolute atomic E-state index is 6.31. The monoisotopic (exact) mass is 213 g/mol. The summed E-state index contributed by atoms with van der Waals surface area (Å²) >= 11 is 0. The molecule has 0 heterocycles. The van der Waals surface area contributed by atoms with Gasteiger partial charge in [-0.2, -0.15) is 0 Å². The van der Waals surface area contributed by atoms with Crippen LogP contribution >= 0.6 is 0 Å². The third-order valence-corrected chi connectivity index (χ3v) is 3.87. The van der Waals surface area contributed by atoms with E-state index >= 15 is 0 Å². The van der Waals surface area contributed by atoms with Crippen LogP contribution in [0.3, 0.4) is 0 Å². The Balaban J connectivity index is 2.44. The first kappa shape index (κ1) is 12.9. The number of hydrogen-bond acceptors (Lipinski definition) is 3. The van der Waals surface area contributed by atoms with Gasteiger partial charge in [-0.3, -0.25) is 0 Å². The van der Waals surface area contributed by atoms with Gasteiger partial charge in [0.2, 0.25) is 0 Å². The highest BCUT2D eigenvalue weighted by Crippen LogP contribution is 2.37. The fraction of sp³-hybridized carbons (Fsp3) is 1.00. The van der Waals surface area contributed by atoms with E-state index in [0.29, 0.717) is 17.5 Å². The molecule has 0 aromatic carbocycles. The van der Waals surface area contributed by atoms with E-state index in [1.54, 1.807) is 0 Å². The molecule has 0 spiro atoms. The van der Waals surface area contributed by atoms with Crippen molar-refractivity contribution in [1.29, 1.82) is 0 Å². The lowest BCUT2D eigenvalue weighted by molar-refractivity contribution is 0.183. The molecule has 0 saturated heterocycles. The minimum Gasteiger partial charge on any atom is -0.326 e. The summed E-state index contributed by atoms with van der Waals surface area (Å²) in [6, 6.07) is 0.893. The van der Waals surface area contributed by atoms with Gasteiger partial charge in [0.05, 0.1) is 0 Å². The molecule has 3 nitrogen and oxygen atoms in total. The average Bonchev–Trinajstić information content (AvgIpc) is 2.39. The molecule has 1 saturated carbocycles. The second-order valence-corrected chi connectivity index (χ2v) is 5.90. The van der Waals surface area contributed by atoms with Crippen LogP contribution in [0.2, 0.25) is 0 Å². The van der Waals surface area contributed by atoms with Crippen LogP contribution < -0.4 is 5.73 Å². The van der Waals surface area contributed by atoms with E-state index in [-0.39, 0.29) is 0 Å². The van der Waals surface area contributed by atoms with Gasteiger partial charge in [0.25, 0.3) is 0 Å². The van der Waals surface area contributed by atoms with Crippen LogP contribution in [0.15, 0.2) is 0 Å². The van der Waals surface area contributed by atoms with Crippen LogP contribution in [-0.2, 0) is 0 Å². The highest BCUT2D eigenvalue weighted by Gasteiger charge is 2.40. The standard InChI is InChI=1S/C12H27N3/c1-12(2)7-6-10(11(12)13)15(5)9-8-14(3)4/h10-11H,6-9,13H2,1-5H3. The fourth-order valence-corrected chi connectivity index (χ4v) is 2.41. The Morgan fingerprint density at radius 3 is 2.20 bits per heavy atom. The van der Waals surface area contributed by atoms with Crippen LogP contribution in [0.25, 0.3) is 0 Å². The fourth-order valence-electron chi connectivity index (χ4n) is 2.41. The first-order chi connectivity index (χ1) is 6.84. The maximum atomic E-state index is 6.31. The van der Waals surface area contributed by atoms with Crippen LogP contribution in [0.4, 0.5) is 0 Å². The zero-order valence-electron chi connectivity index (χ0n) is 11.0. The Labute approximate surface area is 94.6 Å². The van der Waals surface area contributed by atoms with Crippen molar-refractivity contribution in [2.75, 3.05) is 34.2 Å². The predicted octanol–water partition coefficient (Wildman–Crippen LogP) is 0.996. The lowest BCUT2D eigenvalue weighted by Crippen LogP contribution is -2.49. The lowest BCUT2D eigenvalue weighted by atomic mass is 9.87. The predicted molar refractivity (Wildman–Crippen MR) is 66.0 cm³/mol. The minimum absolute atomic E-state index is 0.317. The Kier molecular flexibility index (Phi) is 4.15. The summed E-state index contributed by atoms with van der Waals surface area (Å²) in [5, 5.41) is 0. The van der Waals surface area contributed by atoms with E-state index in [2.05, 4.69) is 44.8 Å². The van der Waals surface area contributed by atoms with E-state index in [1.807, 2.05) is 0 Å². The highest BCUT2D eigenvalue weighted by atomic mass is 15.2. The topological polar surface area (TPSA) is 32.5 Å². The molecule has 90 valence electrons. The summed E-state index contributed by atoms with van der Waals surface area (Å²) in [5.74, 6) is 0. The molecule has 1 fully saturated rings. The summed E-state index contributed by atoms with van der Waals surface area (Å²) < 4.78 is 0. The van der Waals surface area contributed by atoms with E-state index in [1.165, 1.54) is 12.8 Å². The maximum Gasteiger partial charge on any atom is 0.0250 e. The summed E-state index contributed by atoms with van der Waals surface area (Å²) in [6.07, 6.45) is 2.50. The quantitative estimate of drug-likeness (QED) is 0.756. The molecular weight excluding hydrogens is 186 g/mol. The van der Waals surface area contributed by atoms with Crippen molar-refractivity contribution in [1.82, 2.24) is 9.80 Å². The van der Waals surface area contributed by atoms with E-state index in [9.17, 15) is 0 Å². The van der Waals surface area contributed by atoms with Crippen molar-refractivity contribution in [3.8, 4) is 0 Å². The van der Waals surface area contributed by atoms with E-state index < -0.39 is 0 Å². The van der Waals surface area contributed by atoms with Crippen molar-refractivity contribution in [3.63, 3.8) is 0 Å². The first-order valence-corrected chi connectivity index (χ1v) is 5.95. The third kappa shape index (κ3) is 3.16. The zero-order valence-corrected chi connectivity index (χ0v) is 11.0. The van der Waals surface area contributed by atoms with Crippen LogP contribution in [-0.4, -0.2) is 56.1 Å². The largest absolute Gasteiger partial charge is 0.326 e. The van der Waals surface area contributed by atoms with Crippen molar-refractivity contribution >= 4 is 0 Å². The second kappa shape index (κ2) is 4.81. The molecule has 0 aromatic heterocycles. The summed E-state index contributed by atoms with van der Waals surface area (Å²) in [5.41, 5.74) is 6.63. The minimum atomic E-state index is 0.317. The molecule has 0 bridgehead atoms. The Bertz CT molecular complexity index is 201. The highest BCUT2D eigenvalue weighted by molar-refractivity contribution is 4.98. The smallest absolute Gasteiger partial charge is 0.0250 e. The first-order valence-electron chi connectivity index (χ1n) is 5.95. The Morgan fingerprint density at radius 2 is 1.80 bits per heavy atom. The molecule has 15 heavy (non-hydrogen) atoms. The summed E-state index contributed by atoms with van der Waals surface area (Å²) in [4.78, 5) is 4.65. The van der Waals surface area contributed by atoms with Crippen molar-refractivity contribution in [3.05, 3.63) is 0 Å². The summed E-state index contributed by atoms with van der Waals surface area (Å²) in [6.45, 7) is 6.80. The van der Waals surface area contributed by atoms with E-state index in [0.717, 1.165) is 13.1 Å². The van der Waals surface area contributed by atoms with Gasteiger partial charge < -0.3 is 15.5 Å². The molecule has 1 aliphatic rings. The average molecular weight is 213 g/mol. The van der Waals surface area contributed by atoms with Crippen molar-refractivity contribution in [2.24, 2.45) is 11.1 Å². The van der Waals surface area contributed by atoms with Gasteiger partial charge in [-0.25, -0.2) is 0 Å². The van der Waals surface area contributed by atoms with Crippen LogP contribution in [0.1, 0.15) is 26.7 Å². The Morgan fingerprint density at radius 1 is 1.20 bits per heavy atom. The molecule has 2 N–H and O–H groups in total. The van der Waals surface area contributed by atoms with Gasteiger partial charge in [-0.1, -0.05) is 13.8 Å². The van der Waals surface area contributed by atoms with Gasteiger partial charge in [0.1, 0.15) is 0 Å². The molecule has 0 aliphatic heterocycles. The molecule has 0 aromatic rings. The molecule has 1 aliphatic carbocycles. The number of nitrogens with zero attached hydrogens (tertiary/aromatic N) is 2. The molecule has 3 heteroatoms. The van der Waals surface area contributed by atoms with Gasteiger partial charge in [0.15, 0.2) is 0 Å². The van der Waals surface area contributed by atoms with Gasteiger partial charge in [0, 0.05) is 25.2 Å². The van der Waals surface area contributed by atoms with Crippen LogP contribution in [0.5, 0.6) is 0 Å².